The largest absolute Gasteiger partial charge is 0.311 e. The average molecular weight is 839 g/mol. The average Bonchev–Trinajstić information content (AvgIpc) is 3.73. The molecule has 2 heteroatoms. The number of hydrogen-bond donors (Lipinski definition) is 0. The Morgan fingerprint density at radius 1 is 0.258 bits per heavy atom. The third-order valence-electron chi connectivity index (χ3n) is 13.6. The molecular formula is C64H42N2. The zero-order valence-corrected chi connectivity index (χ0v) is 36.1. The van der Waals surface area contributed by atoms with Crippen LogP contribution in [-0.4, -0.2) is 4.57 Å². The second-order valence-corrected chi connectivity index (χ2v) is 17.3. The summed E-state index contributed by atoms with van der Waals surface area (Å²) in [5, 5.41) is 12.6. The summed E-state index contributed by atoms with van der Waals surface area (Å²) in [6.07, 6.45) is 0. The van der Waals surface area contributed by atoms with Crippen LogP contribution in [0.15, 0.2) is 255 Å². The van der Waals surface area contributed by atoms with Crippen LogP contribution in [0.3, 0.4) is 0 Å². The highest BCUT2D eigenvalue weighted by atomic mass is 15.1. The van der Waals surface area contributed by atoms with Crippen molar-refractivity contribution in [2.45, 2.75) is 0 Å². The van der Waals surface area contributed by atoms with Crippen molar-refractivity contribution in [2.24, 2.45) is 0 Å². The number of para-hydroxylation sites is 1. The summed E-state index contributed by atoms with van der Waals surface area (Å²) < 4.78 is 2.44. The van der Waals surface area contributed by atoms with Crippen LogP contribution in [0.25, 0.3) is 104 Å². The molecule has 2 nitrogen and oxygen atoms in total. The molecule has 0 aliphatic rings. The minimum Gasteiger partial charge on any atom is -0.311 e. The van der Waals surface area contributed by atoms with E-state index in [9.17, 15) is 0 Å². The molecule has 0 fully saturated rings. The molecule has 0 spiro atoms. The van der Waals surface area contributed by atoms with E-state index in [1.807, 2.05) is 0 Å². The first kappa shape index (κ1) is 37.8. The lowest BCUT2D eigenvalue weighted by Gasteiger charge is -2.26. The SMILES string of the molecule is c1ccc(-n2c3cc(-c4ccc(N(c5ccc(-c6cccc7ccccc67)cc5)c5ccc(-c6cc7ccccc7c7ccccc67)cc5)cc4)ccc3c3ccc4ccccc4c32)cc1. The van der Waals surface area contributed by atoms with Gasteiger partial charge in [-0.15, -0.1) is 0 Å². The first-order valence-electron chi connectivity index (χ1n) is 22.7. The van der Waals surface area contributed by atoms with Crippen molar-refractivity contribution in [2.75, 3.05) is 4.90 Å². The number of aromatic nitrogens is 1. The van der Waals surface area contributed by atoms with Crippen LogP contribution in [0, 0.1) is 0 Å². The highest BCUT2D eigenvalue weighted by molar-refractivity contribution is 6.19. The van der Waals surface area contributed by atoms with Gasteiger partial charge in [-0.1, -0.05) is 194 Å². The van der Waals surface area contributed by atoms with Gasteiger partial charge in [-0.2, -0.15) is 0 Å². The van der Waals surface area contributed by atoms with Gasteiger partial charge in [0.1, 0.15) is 0 Å². The third kappa shape index (κ3) is 6.26. The molecule has 13 aromatic rings. The standard InChI is InChI=1S/C64H42N2/c1-2-17-50(18-3-1)66-63-42-48(32-39-60(63)61-40-31-45-14-5-9-21-57(45)64(61)66)43-25-33-51(34-26-43)65(52-35-27-46(28-36-52)55-24-12-16-44-13-4-7-19-54(44)55)53-37-29-47(30-38-53)62-41-49-15-6-8-20-56(49)58-22-10-11-23-59(58)62/h1-42H. The van der Waals surface area contributed by atoms with Crippen LogP contribution in [0.2, 0.25) is 0 Å². The molecule has 0 bridgehead atoms. The van der Waals surface area contributed by atoms with E-state index in [1.165, 1.54) is 98.3 Å². The second kappa shape index (κ2) is 15.5. The van der Waals surface area contributed by atoms with Crippen LogP contribution >= 0.6 is 0 Å². The number of rotatable bonds is 7. The molecule has 12 aromatic carbocycles. The second-order valence-electron chi connectivity index (χ2n) is 17.3. The van der Waals surface area contributed by atoms with Gasteiger partial charge in [0.2, 0.25) is 0 Å². The first-order valence-corrected chi connectivity index (χ1v) is 22.7. The van der Waals surface area contributed by atoms with Crippen molar-refractivity contribution < 1.29 is 0 Å². The van der Waals surface area contributed by atoms with Crippen molar-refractivity contribution in [3.8, 4) is 39.1 Å². The maximum atomic E-state index is 2.44. The summed E-state index contributed by atoms with van der Waals surface area (Å²) in [5.41, 5.74) is 14.1. The van der Waals surface area contributed by atoms with E-state index in [0.717, 1.165) is 22.7 Å². The van der Waals surface area contributed by atoms with E-state index in [0.29, 0.717) is 0 Å². The van der Waals surface area contributed by atoms with Gasteiger partial charge in [-0.05, 0) is 132 Å². The van der Waals surface area contributed by atoms with Crippen molar-refractivity contribution in [3.63, 3.8) is 0 Å². The summed E-state index contributed by atoms with van der Waals surface area (Å²) in [6, 6.07) is 93.2. The Balaban J connectivity index is 0.922. The Bertz CT molecular complexity index is 3950. The third-order valence-corrected chi connectivity index (χ3v) is 13.6. The smallest absolute Gasteiger partial charge is 0.0619 e. The van der Waals surface area contributed by atoms with Gasteiger partial charge in [-0.3, -0.25) is 0 Å². The number of fused-ring (bicyclic) bond motifs is 9. The van der Waals surface area contributed by atoms with Gasteiger partial charge in [-0.25, -0.2) is 0 Å². The van der Waals surface area contributed by atoms with Gasteiger partial charge in [0.15, 0.2) is 0 Å². The van der Waals surface area contributed by atoms with Gasteiger partial charge < -0.3 is 9.47 Å². The lowest BCUT2D eigenvalue weighted by molar-refractivity contribution is 1.19. The lowest BCUT2D eigenvalue weighted by atomic mass is 9.93. The van der Waals surface area contributed by atoms with E-state index in [2.05, 4.69) is 264 Å². The van der Waals surface area contributed by atoms with Gasteiger partial charge >= 0.3 is 0 Å². The molecule has 0 amide bonds. The molecule has 0 atom stereocenters. The predicted molar refractivity (Wildman–Crippen MR) is 282 cm³/mol. The number of benzene rings is 12. The quantitative estimate of drug-likeness (QED) is 0.145. The lowest BCUT2D eigenvalue weighted by Crippen LogP contribution is -2.09. The van der Waals surface area contributed by atoms with Crippen molar-refractivity contribution >= 4 is 82.0 Å². The summed E-state index contributed by atoms with van der Waals surface area (Å²) in [6.45, 7) is 0. The Kier molecular flexibility index (Phi) is 8.89. The Labute approximate surface area is 383 Å². The molecule has 0 unspecified atom stereocenters. The molecule has 0 saturated heterocycles. The first-order chi connectivity index (χ1) is 32.7. The summed E-state index contributed by atoms with van der Waals surface area (Å²) in [4.78, 5) is 2.38. The normalized spacial score (nSPS) is 11.6. The van der Waals surface area contributed by atoms with E-state index < -0.39 is 0 Å². The zero-order chi connectivity index (χ0) is 43.6. The van der Waals surface area contributed by atoms with Gasteiger partial charge in [0, 0.05) is 38.9 Å². The van der Waals surface area contributed by atoms with E-state index >= 15 is 0 Å². The van der Waals surface area contributed by atoms with Crippen molar-refractivity contribution in [3.05, 3.63) is 255 Å². The van der Waals surface area contributed by atoms with E-state index in [4.69, 9.17) is 0 Å². The van der Waals surface area contributed by atoms with Crippen LogP contribution < -0.4 is 4.90 Å². The van der Waals surface area contributed by atoms with Crippen LogP contribution in [0.1, 0.15) is 0 Å². The van der Waals surface area contributed by atoms with Crippen LogP contribution in [0.4, 0.5) is 17.1 Å². The van der Waals surface area contributed by atoms with Crippen molar-refractivity contribution in [1.82, 2.24) is 4.57 Å². The molecule has 13 rings (SSSR count). The molecule has 0 radical (unpaired) electrons. The fourth-order valence-electron chi connectivity index (χ4n) is 10.4. The van der Waals surface area contributed by atoms with Crippen molar-refractivity contribution in [1.29, 1.82) is 0 Å². The van der Waals surface area contributed by atoms with E-state index in [-0.39, 0.29) is 0 Å². The highest BCUT2D eigenvalue weighted by Crippen LogP contribution is 2.42. The van der Waals surface area contributed by atoms with Gasteiger partial charge in [0.25, 0.3) is 0 Å². The molecular weight excluding hydrogens is 797 g/mol. The van der Waals surface area contributed by atoms with Gasteiger partial charge in [0.05, 0.1) is 11.0 Å². The molecule has 308 valence electrons. The molecule has 0 saturated carbocycles. The Morgan fingerprint density at radius 3 is 1.45 bits per heavy atom. The maximum Gasteiger partial charge on any atom is 0.0619 e. The number of nitrogens with zero attached hydrogens (tertiary/aromatic N) is 2. The monoisotopic (exact) mass is 838 g/mol. The minimum absolute atomic E-state index is 1.09. The molecule has 0 N–H and O–H groups in total. The minimum atomic E-state index is 1.09. The summed E-state index contributed by atoms with van der Waals surface area (Å²) >= 11 is 0. The highest BCUT2D eigenvalue weighted by Gasteiger charge is 2.18. The Hall–Kier alpha value is -8.72. The molecule has 0 aliphatic carbocycles. The number of hydrogen-bond acceptors (Lipinski definition) is 1. The number of anilines is 3. The zero-order valence-electron chi connectivity index (χ0n) is 36.1. The van der Waals surface area contributed by atoms with Crippen LogP contribution in [0.5, 0.6) is 0 Å². The van der Waals surface area contributed by atoms with Crippen LogP contribution in [-0.2, 0) is 0 Å². The topological polar surface area (TPSA) is 8.17 Å². The molecule has 1 heterocycles. The summed E-state index contributed by atoms with van der Waals surface area (Å²) in [7, 11) is 0. The summed E-state index contributed by atoms with van der Waals surface area (Å²) in [5.74, 6) is 0. The Morgan fingerprint density at radius 2 is 0.758 bits per heavy atom. The fourth-order valence-corrected chi connectivity index (χ4v) is 10.4. The maximum absolute atomic E-state index is 2.44. The molecule has 1 aromatic heterocycles. The van der Waals surface area contributed by atoms with E-state index in [1.54, 1.807) is 0 Å². The fraction of sp³-hybridized carbons (Fsp3) is 0. The predicted octanol–water partition coefficient (Wildman–Crippen LogP) is 17.9. The molecule has 66 heavy (non-hydrogen) atoms. The molecule has 0 aliphatic heterocycles.